The third-order valence-corrected chi connectivity index (χ3v) is 5.15. The molecule has 2 heterocycles. The molecule has 1 aliphatic heterocycles. The summed E-state index contributed by atoms with van der Waals surface area (Å²) in [5.74, 6) is 1.20. The van der Waals surface area contributed by atoms with Crippen molar-refractivity contribution in [2.75, 3.05) is 26.8 Å². The highest BCUT2D eigenvalue weighted by molar-refractivity contribution is 6.34. The number of hydrogen-bond donors (Lipinski definition) is 0. The Morgan fingerprint density at radius 2 is 1.97 bits per heavy atom. The third-order valence-electron chi connectivity index (χ3n) is 4.86. The summed E-state index contributed by atoms with van der Waals surface area (Å²) >= 11 is 6.27. The van der Waals surface area contributed by atoms with E-state index in [2.05, 4.69) is 9.97 Å². The molecule has 0 aliphatic carbocycles. The highest BCUT2D eigenvalue weighted by Gasteiger charge is 2.26. The van der Waals surface area contributed by atoms with Crippen molar-refractivity contribution >= 4 is 28.6 Å². The molecule has 158 valence electrons. The van der Waals surface area contributed by atoms with Crippen LogP contribution < -0.4 is 9.47 Å². The quantitative estimate of drug-likeness (QED) is 0.651. The van der Waals surface area contributed by atoms with Gasteiger partial charge < -0.3 is 19.1 Å². The molecule has 0 bridgehead atoms. The first-order valence-electron chi connectivity index (χ1n) is 9.87. The van der Waals surface area contributed by atoms with E-state index >= 15 is 0 Å². The molecule has 1 fully saturated rings. The van der Waals surface area contributed by atoms with Crippen LogP contribution in [0.3, 0.4) is 0 Å². The van der Waals surface area contributed by atoms with Gasteiger partial charge >= 0.3 is 12.1 Å². The van der Waals surface area contributed by atoms with Gasteiger partial charge in [0.15, 0.2) is 0 Å². The van der Waals surface area contributed by atoms with Crippen molar-refractivity contribution in [3.8, 4) is 11.8 Å². The number of piperidine rings is 1. The number of ether oxygens (including phenoxy) is 3. The second-order valence-electron chi connectivity index (χ2n) is 8.23. The van der Waals surface area contributed by atoms with Gasteiger partial charge in [0, 0.05) is 18.5 Å². The predicted octanol–water partition coefficient (Wildman–Crippen LogP) is 4.71. The van der Waals surface area contributed by atoms with Crippen molar-refractivity contribution in [2.24, 2.45) is 5.92 Å². The molecule has 1 aromatic carbocycles. The van der Waals surface area contributed by atoms with Gasteiger partial charge in [-0.15, -0.1) is 0 Å². The molecule has 29 heavy (non-hydrogen) atoms. The number of nitrogens with zero attached hydrogens (tertiary/aromatic N) is 3. The van der Waals surface area contributed by atoms with Gasteiger partial charge in [-0.2, -0.15) is 9.97 Å². The SMILES string of the molecule is COc1ccc2nc(OCCC3CCN(C(=O)OC(C)(C)C)CC3)nc(Cl)c2c1. The van der Waals surface area contributed by atoms with Crippen LogP contribution in [0, 0.1) is 5.92 Å². The topological polar surface area (TPSA) is 73.8 Å². The van der Waals surface area contributed by atoms with Gasteiger partial charge in [-0.1, -0.05) is 11.6 Å². The van der Waals surface area contributed by atoms with Crippen molar-refractivity contribution in [3.63, 3.8) is 0 Å². The van der Waals surface area contributed by atoms with Gasteiger partial charge in [-0.3, -0.25) is 0 Å². The fourth-order valence-corrected chi connectivity index (χ4v) is 3.51. The average Bonchev–Trinajstić information content (AvgIpc) is 2.67. The number of fused-ring (bicyclic) bond motifs is 1. The minimum Gasteiger partial charge on any atom is -0.497 e. The van der Waals surface area contributed by atoms with Crippen LogP contribution in [0.1, 0.15) is 40.0 Å². The van der Waals surface area contributed by atoms with Crippen LogP contribution in [0.2, 0.25) is 5.15 Å². The molecule has 1 aromatic heterocycles. The molecule has 3 rings (SSSR count). The van der Waals surface area contributed by atoms with E-state index in [1.165, 1.54) is 0 Å². The van der Waals surface area contributed by atoms with E-state index < -0.39 is 5.60 Å². The number of amides is 1. The smallest absolute Gasteiger partial charge is 0.410 e. The van der Waals surface area contributed by atoms with Crippen molar-refractivity contribution in [1.82, 2.24) is 14.9 Å². The molecular formula is C21H28ClN3O4. The van der Waals surface area contributed by atoms with Gasteiger partial charge in [-0.25, -0.2) is 4.79 Å². The largest absolute Gasteiger partial charge is 0.497 e. The summed E-state index contributed by atoms with van der Waals surface area (Å²) in [6.45, 7) is 7.57. The second kappa shape index (κ2) is 9.03. The van der Waals surface area contributed by atoms with Crippen LogP contribution in [0.25, 0.3) is 10.9 Å². The zero-order chi connectivity index (χ0) is 21.0. The molecule has 0 atom stereocenters. The van der Waals surface area contributed by atoms with Crippen LogP contribution in [-0.2, 0) is 4.74 Å². The Bertz CT molecular complexity index is 861. The Kier molecular flexibility index (Phi) is 6.67. The highest BCUT2D eigenvalue weighted by atomic mass is 35.5. The van der Waals surface area contributed by atoms with E-state index in [0.717, 1.165) is 24.6 Å². The number of likely N-dealkylation sites (tertiary alicyclic amines) is 1. The lowest BCUT2D eigenvalue weighted by Crippen LogP contribution is -2.41. The maximum atomic E-state index is 12.1. The van der Waals surface area contributed by atoms with Crippen molar-refractivity contribution in [2.45, 2.75) is 45.6 Å². The zero-order valence-corrected chi connectivity index (χ0v) is 18.2. The number of rotatable bonds is 5. The first-order valence-corrected chi connectivity index (χ1v) is 10.2. The Morgan fingerprint density at radius 3 is 2.62 bits per heavy atom. The minimum atomic E-state index is -0.464. The molecular weight excluding hydrogens is 394 g/mol. The van der Waals surface area contributed by atoms with Crippen LogP contribution in [0.5, 0.6) is 11.8 Å². The van der Waals surface area contributed by atoms with Gasteiger partial charge in [0.05, 0.1) is 19.2 Å². The maximum Gasteiger partial charge on any atom is 0.410 e. The molecule has 1 aliphatic rings. The lowest BCUT2D eigenvalue weighted by atomic mass is 9.94. The summed E-state index contributed by atoms with van der Waals surface area (Å²) in [6.07, 6.45) is 2.51. The Morgan fingerprint density at radius 1 is 1.24 bits per heavy atom. The summed E-state index contributed by atoms with van der Waals surface area (Å²) in [7, 11) is 1.60. The fourth-order valence-electron chi connectivity index (χ4n) is 3.29. The molecule has 2 aromatic rings. The molecule has 8 heteroatoms. The van der Waals surface area contributed by atoms with Gasteiger partial charge in [0.1, 0.15) is 16.5 Å². The Labute approximate surface area is 176 Å². The number of benzene rings is 1. The number of methoxy groups -OCH3 is 1. The highest BCUT2D eigenvalue weighted by Crippen LogP contribution is 2.27. The van der Waals surface area contributed by atoms with Crippen LogP contribution >= 0.6 is 11.6 Å². The van der Waals surface area contributed by atoms with Crippen LogP contribution in [0.15, 0.2) is 18.2 Å². The number of aromatic nitrogens is 2. The van der Waals surface area contributed by atoms with E-state index in [9.17, 15) is 4.79 Å². The van der Waals surface area contributed by atoms with E-state index in [0.29, 0.717) is 42.0 Å². The van der Waals surface area contributed by atoms with E-state index in [4.69, 9.17) is 25.8 Å². The maximum absolute atomic E-state index is 12.1. The number of carbonyl (C=O) groups excluding carboxylic acids is 1. The fraction of sp³-hybridized carbons (Fsp3) is 0.571. The molecule has 0 saturated carbocycles. The molecule has 0 unspecified atom stereocenters. The number of carbonyl (C=O) groups is 1. The lowest BCUT2D eigenvalue weighted by Gasteiger charge is -2.33. The van der Waals surface area contributed by atoms with E-state index in [1.807, 2.05) is 32.9 Å². The molecule has 1 saturated heterocycles. The van der Waals surface area contributed by atoms with Crippen molar-refractivity contribution < 1.29 is 19.0 Å². The summed E-state index contributed by atoms with van der Waals surface area (Å²) in [5.41, 5.74) is 0.250. The van der Waals surface area contributed by atoms with Crippen molar-refractivity contribution in [3.05, 3.63) is 23.4 Å². The summed E-state index contributed by atoms with van der Waals surface area (Å²) in [6, 6.07) is 5.74. The molecule has 0 N–H and O–H groups in total. The standard InChI is InChI=1S/C21H28ClN3O4/c1-21(2,3)29-20(26)25-10-7-14(8-11-25)9-12-28-19-23-17-6-5-15(27-4)13-16(17)18(22)24-19/h5-6,13-14H,7-12H2,1-4H3. The summed E-state index contributed by atoms with van der Waals surface area (Å²) in [5, 5.41) is 1.07. The normalized spacial score (nSPS) is 15.4. The minimum absolute atomic E-state index is 0.233. The number of hydrogen-bond acceptors (Lipinski definition) is 6. The second-order valence-corrected chi connectivity index (χ2v) is 8.59. The first-order chi connectivity index (χ1) is 13.7. The monoisotopic (exact) mass is 421 g/mol. The van der Waals surface area contributed by atoms with Crippen LogP contribution in [-0.4, -0.2) is 53.4 Å². The van der Waals surface area contributed by atoms with E-state index in [1.54, 1.807) is 18.1 Å². The molecule has 7 nitrogen and oxygen atoms in total. The van der Waals surface area contributed by atoms with Gasteiger partial charge in [0.25, 0.3) is 0 Å². The number of halogens is 1. The molecule has 0 spiro atoms. The van der Waals surface area contributed by atoms with E-state index in [-0.39, 0.29) is 12.1 Å². The Hall–Kier alpha value is -2.28. The molecule has 0 radical (unpaired) electrons. The Balaban J connectivity index is 1.48. The van der Waals surface area contributed by atoms with Crippen LogP contribution in [0.4, 0.5) is 4.79 Å². The summed E-state index contributed by atoms with van der Waals surface area (Å²) < 4.78 is 16.4. The predicted molar refractivity (Wildman–Crippen MR) is 112 cm³/mol. The average molecular weight is 422 g/mol. The third kappa shape index (κ3) is 5.85. The first kappa shape index (κ1) is 21.4. The zero-order valence-electron chi connectivity index (χ0n) is 17.4. The molecule has 1 amide bonds. The van der Waals surface area contributed by atoms with Gasteiger partial charge in [0.2, 0.25) is 0 Å². The lowest BCUT2D eigenvalue weighted by molar-refractivity contribution is 0.0177. The van der Waals surface area contributed by atoms with Gasteiger partial charge in [-0.05, 0) is 64.2 Å². The van der Waals surface area contributed by atoms with Crippen molar-refractivity contribution in [1.29, 1.82) is 0 Å². The summed E-state index contributed by atoms with van der Waals surface area (Å²) in [4.78, 5) is 22.6.